The summed E-state index contributed by atoms with van der Waals surface area (Å²) in [6.07, 6.45) is 2.24. The van der Waals surface area contributed by atoms with Gasteiger partial charge in [-0.25, -0.2) is 4.79 Å². The Morgan fingerprint density at radius 3 is 2.05 bits per heavy atom. The van der Waals surface area contributed by atoms with E-state index in [1.165, 1.54) is 0 Å². The Kier molecular flexibility index (Phi) is 4.32. The molecule has 2 aliphatic rings. The summed E-state index contributed by atoms with van der Waals surface area (Å²) in [6.45, 7) is 7.26. The molecule has 0 aromatic heterocycles. The Hall–Kier alpha value is -1.26. The van der Waals surface area contributed by atoms with Crippen LogP contribution in [0.4, 0.5) is 4.79 Å². The monoisotopic (exact) mass is 268 g/mol. The minimum absolute atomic E-state index is 0.0996. The summed E-state index contributed by atoms with van der Waals surface area (Å²) in [5.74, 6) is 0.230. The Morgan fingerprint density at radius 1 is 0.947 bits per heavy atom. The van der Waals surface area contributed by atoms with Crippen molar-refractivity contribution in [3.63, 3.8) is 0 Å². The molecule has 19 heavy (non-hydrogen) atoms. The molecule has 0 aliphatic carbocycles. The molecule has 2 saturated heterocycles. The van der Waals surface area contributed by atoms with Crippen LogP contribution in [0, 0.1) is 17.8 Å². The number of carbonyl (C=O) groups is 2. The average Bonchev–Trinajstić information content (AvgIpc) is 2.41. The van der Waals surface area contributed by atoms with Crippen LogP contribution in [-0.2, 0) is 4.79 Å². The second kappa shape index (κ2) is 5.80. The fourth-order valence-electron chi connectivity index (χ4n) is 2.95. The van der Waals surface area contributed by atoms with Crippen molar-refractivity contribution >= 4 is 12.0 Å². The minimum Gasteiger partial charge on any atom is -0.481 e. The number of carboxylic acids is 1. The van der Waals surface area contributed by atoms with Gasteiger partial charge in [-0.2, -0.15) is 0 Å². The number of hydrogen-bond acceptors (Lipinski definition) is 2. The van der Waals surface area contributed by atoms with Crippen LogP contribution in [0.3, 0.4) is 0 Å². The summed E-state index contributed by atoms with van der Waals surface area (Å²) >= 11 is 0. The van der Waals surface area contributed by atoms with Gasteiger partial charge in [0.25, 0.3) is 0 Å². The van der Waals surface area contributed by atoms with Crippen molar-refractivity contribution in [2.75, 3.05) is 26.2 Å². The second-order valence-electron chi connectivity index (χ2n) is 6.07. The van der Waals surface area contributed by atoms with Crippen molar-refractivity contribution in [3.05, 3.63) is 0 Å². The third-order valence-corrected chi connectivity index (χ3v) is 4.72. The number of aliphatic carboxylic acids is 1. The lowest BCUT2D eigenvalue weighted by atomic mass is 9.89. The van der Waals surface area contributed by atoms with Crippen LogP contribution in [-0.4, -0.2) is 53.1 Å². The van der Waals surface area contributed by atoms with Gasteiger partial charge in [-0.1, -0.05) is 13.8 Å². The minimum atomic E-state index is -0.729. The number of nitrogens with zero attached hydrogens (tertiary/aromatic N) is 2. The predicted molar refractivity (Wildman–Crippen MR) is 71.8 cm³/mol. The third-order valence-electron chi connectivity index (χ3n) is 4.72. The Bertz CT molecular complexity index is 351. The summed E-state index contributed by atoms with van der Waals surface area (Å²) in [5.41, 5.74) is 0. The summed E-state index contributed by atoms with van der Waals surface area (Å²) in [5, 5.41) is 8.96. The van der Waals surface area contributed by atoms with Gasteiger partial charge in [-0.05, 0) is 31.1 Å². The largest absolute Gasteiger partial charge is 0.481 e. The molecule has 0 bridgehead atoms. The Labute approximate surface area is 114 Å². The van der Waals surface area contributed by atoms with Gasteiger partial charge < -0.3 is 14.9 Å². The average molecular weight is 268 g/mol. The van der Waals surface area contributed by atoms with Crippen molar-refractivity contribution in [1.29, 1.82) is 0 Å². The summed E-state index contributed by atoms with van der Waals surface area (Å²) in [6, 6.07) is 0.0996. The van der Waals surface area contributed by atoms with Gasteiger partial charge in [0.2, 0.25) is 0 Å². The van der Waals surface area contributed by atoms with E-state index in [-0.39, 0.29) is 11.9 Å². The Balaban J connectivity index is 1.86. The number of likely N-dealkylation sites (tertiary alicyclic amines) is 2. The van der Waals surface area contributed by atoms with Crippen LogP contribution in [0.1, 0.15) is 33.1 Å². The summed E-state index contributed by atoms with van der Waals surface area (Å²) < 4.78 is 0. The topological polar surface area (TPSA) is 60.9 Å². The zero-order valence-corrected chi connectivity index (χ0v) is 11.8. The van der Waals surface area contributed by atoms with Gasteiger partial charge in [0.15, 0.2) is 0 Å². The maximum atomic E-state index is 12.4. The van der Waals surface area contributed by atoms with E-state index < -0.39 is 5.97 Å². The number of rotatable bonds is 1. The predicted octanol–water partition coefficient (Wildman–Crippen LogP) is 1.88. The molecular formula is C14H24N2O3. The summed E-state index contributed by atoms with van der Waals surface area (Å²) in [7, 11) is 0. The van der Waals surface area contributed by atoms with E-state index in [9.17, 15) is 9.59 Å². The maximum Gasteiger partial charge on any atom is 0.320 e. The van der Waals surface area contributed by atoms with Gasteiger partial charge in [0.05, 0.1) is 5.92 Å². The second-order valence-corrected chi connectivity index (χ2v) is 6.07. The molecule has 0 aromatic carbocycles. The first-order chi connectivity index (χ1) is 8.99. The molecule has 2 atom stereocenters. The quantitative estimate of drug-likeness (QED) is 0.790. The zero-order valence-electron chi connectivity index (χ0n) is 11.8. The maximum absolute atomic E-state index is 12.4. The van der Waals surface area contributed by atoms with E-state index in [4.69, 9.17) is 5.11 Å². The molecule has 2 rings (SSSR count). The number of hydrogen-bond donors (Lipinski definition) is 1. The number of piperidine rings is 2. The van der Waals surface area contributed by atoms with Gasteiger partial charge in [0, 0.05) is 26.2 Å². The molecule has 2 fully saturated rings. The van der Waals surface area contributed by atoms with Crippen LogP contribution in [0.15, 0.2) is 0 Å². The molecule has 5 nitrogen and oxygen atoms in total. The zero-order chi connectivity index (χ0) is 14.0. The smallest absolute Gasteiger partial charge is 0.320 e. The Morgan fingerprint density at radius 2 is 1.53 bits per heavy atom. The highest BCUT2D eigenvalue weighted by atomic mass is 16.4. The van der Waals surface area contributed by atoms with Crippen LogP contribution in [0.25, 0.3) is 0 Å². The number of urea groups is 1. The highest BCUT2D eigenvalue weighted by Crippen LogP contribution is 2.25. The third kappa shape index (κ3) is 3.19. The van der Waals surface area contributed by atoms with Crippen molar-refractivity contribution in [1.82, 2.24) is 9.80 Å². The van der Waals surface area contributed by atoms with Crippen LogP contribution < -0.4 is 0 Å². The fourth-order valence-corrected chi connectivity index (χ4v) is 2.95. The van der Waals surface area contributed by atoms with Gasteiger partial charge in [-0.3, -0.25) is 4.79 Å². The molecule has 0 radical (unpaired) electrons. The first-order valence-electron chi connectivity index (χ1n) is 7.25. The van der Waals surface area contributed by atoms with E-state index in [2.05, 4.69) is 13.8 Å². The standard InChI is InChI=1S/C14H24N2O3/c1-10-3-6-16(9-11(10)2)14(19)15-7-4-12(5-8-15)13(17)18/h10-12H,3-9H2,1-2H3,(H,17,18). The lowest BCUT2D eigenvalue weighted by molar-refractivity contribution is -0.143. The molecular weight excluding hydrogens is 244 g/mol. The normalized spacial score (nSPS) is 29.4. The summed E-state index contributed by atoms with van der Waals surface area (Å²) in [4.78, 5) is 27.0. The van der Waals surface area contributed by atoms with Gasteiger partial charge in [-0.15, -0.1) is 0 Å². The first kappa shape index (κ1) is 14.2. The molecule has 2 aliphatic heterocycles. The highest BCUT2D eigenvalue weighted by Gasteiger charge is 2.32. The molecule has 2 heterocycles. The SMILES string of the molecule is CC1CCN(C(=O)N2CCC(C(=O)O)CC2)CC1C. The van der Waals surface area contributed by atoms with Gasteiger partial charge >= 0.3 is 12.0 Å². The number of amides is 2. The van der Waals surface area contributed by atoms with Crippen molar-refractivity contribution in [2.24, 2.45) is 17.8 Å². The van der Waals surface area contributed by atoms with E-state index in [0.717, 1.165) is 19.5 Å². The fraction of sp³-hybridized carbons (Fsp3) is 0.857. The van der Waals surface area contributed by atoms with Crippen molar-refractivity contribution in [3.8, 4) is 0 Å². The lowest BCUT2D eigenvalue weighted by Gasteiger charge is -2.40. The number of carbonyl (C=O) groups excluding carboxylic acids is 1. The molecule has 2 unspecified atom stereocenters. The van der Waals surface area contributed by atoms with Gasteiger partial charge in [0.1, 0.15) is 0 Å². The first-order valence-corrected chi connectivity index (χ1v) is 7.25. The van der Waals surface area contributed by atoms with Crippen LogP contribution in [0.5, 0.6) is 0 Å². The van der Waals surface area contributed by atoms with E-state index in [1.54, 1.807) is 0 Å². The van der Waals surface area contributed by atoms with E-state index in [0.29, 0.717) is 37.8 Å². The highest BCUT2D eigenvalue weighted by molar-refractivity contribution is 5.75. The molecule has 1 N–H and O–H groups in total. The van der Waals surface area contributed by atoms with Crippen molar-refractivity contribution < 1.29 is 14.7 Å². The van der Waals surface area contributed by atoms with E-state index >= 15 is 0 Å². The molecule has 0 aromatic rings. The van der Waals surface area contributed by atoms with Crippen LogP contribution >= 0.6 is 0 Å². The van der Waals surface area contributed by atoms with Crippen LogP contribution in [0.2, 0.25) is 0 Å². The van der Waals surface area contributed by atoms with Crippen molar-refractivity contribution in [2.45, 2.75) is 33.1 Å². The molecule has 5 heteroatoms. The number of carboxylic acid groups (broad SMARTS) is 1. The molecule has 0 spiro atoms. The van der Waals surface area contributed by atoms with E-state index in [1.807, 2.05) is 9.80 Å². The lowest BCUT2D eigenvalue weighted by Crippen LogP contribution is -2.51. The molecule has 0 saturated carbocycles. The molecule has 2 amide bonds. The molecule has 108 valence electrons.